The third-order valence-corrected chi connectivity index (χ3v) is 4.70. The van der Waals surface area contributed by atoms with E-state index in [9.17, 15) is 4.79 Å². The Morgan fingerprint density at radius 2 is 1.88 bits per heavy atom. The standard InChI is InChI=1S/C20H20N4O2/c1-9(2)26-20(25)18-10(3)16-15(8-21-18)24-13-6-7-14-19(17(13)16)23-12(5)11(4)22-14/h6-9,22H,1-5H3/p+1. The Kier molecular flexibility index (Phi) is 3.64. The molecule has 0 bridgehead atoms. The zero-order valence-corrected chi connectivity index (χ0v) is 15.5. The second-order valence-corrected chi connectivity index (χ2v) is 6.92. The lowest BCUT2D eigenvalue weighted by Crippen LogP contribution is -2.23. The SMILES string of the molecule is Cc1nc2c(ccc3nc4c[nH+]c(C(=O)OC(C)C)c(C)c4c32)[nH]c1C. The first-order valence-corrected chi connectivity index (χ1v) is 8.68. The van der Waals surface area contributed by atoms with Crippen LogP contribution in [0, 0.1) is 20.8 Å². The largest absolute Gasteiger partial charge is 0.455 e. The van der Waals surface area contributed by atoms with Crippen LogP contribution in [0.5, 0.6) is 0 Å². The topological polar surface area (TPSA) is 82.0 Å². The molecule has 6 heteroatoms. The number of fused-ring (bicyclic) bond motifs is 5. The number of ether oxygens (including phenoxy) is 1. The Balaban J connectivity index is 2.09. The van der Waals surface area contributed by atoms with Gasteiger partial charge in [0, 0.05) is 22.0 Å². The minimum absolute atomic E-state index is 0.178. The van der Waals surface area contributed by atoms with Crippen LogP contribution in [0.15, 0.2) is 18.3 Å². The Hall–Kier alpha value is -3.02. The van der Waals surface area contributed by atoms with Crippen LogP contribution in [-0.2, 0) is 4.74 Å². The van der Waals surface area contributed by atoms with Crippen molar-refractivity contribution in [2.75, 3.05) is 0 Å². The van der Waals surface area contributed by atoms with Crippen molar-refractivity contribution in [2.45, 2.75) is 40.7 Å². The smallest absolute Gasteiger partial charge is 0.404 e. The number of pyridine rings is 1. The Bertz CT molecular complexity index is 1190. The van der Waals surface area contributed by atoms with Gasteiger partial charge in [0.25, 0.3) is 5.69 Å². The number of nitrogens with one attached hydrogen (secondary N) is 2. The molecule has 0 amide bonds. The fourth-order valence-corrected chi connectivity index (χ4v) is 3.34. The average Bonchev–Trinajstić information content (AvgIpc) is 2.95. The van der Waals surface area contributed by atoms with Gasteiger partial charge in [-0.05, 0) is 46.8 Å². The average molecular weight is 349 g/mol. The van der Waals surface area contributed by atoms with Crippen LogP contribution >= 0.6 is 0 Å². The number of nitrogens with zero attached hydrogens (tertiary/aromatic N) is 2. The number of H-pyrrole nitrogens is 2. The van der Waals surface area contributed by atoms with Crippen molar-refractivity contribution < 1.29 is 14.5 Å². The highest BCUT2D eigenvalue weighted by molar-refractivity contribution is 6.19. The van der Waals surface area contributed by atoms with E-state index in [1.165, 1.54) is 0 Å². The number of hydrogen-bond donors (Lipinski definition) is 1. The van der Waals surface area contributed by atoms with Gasteiger partial charge in [-0.2, -0.15) is 0 Å². The molecule has 0 aliphatic rings. The highest BCUT2D eigenvalue weighted by Gasteiger charge is 2.25. The Morgan fingerprint density at radius 1 is 1.12 bits per heavy atom. The third-order valence-electron chi connectivity index (χ3n) is 4.70. The predicted molar refractivity (Wildman–Crippen MR) is 100 cm³/mol. The minimum atomic E-state index is -0.361. The molecule has 26 heavy (non-hydrogen) atoms. The first-order valence-electron chi connectivity index (χ1n) is 8.68. The fourth-order valence-electron chi connectivity index (χ4n) is 3.34. The monoisotopic (exact) mass is 349 g/mol. The lowest BCUT2D eigenvalue weighted by Gasteiger charge is -2.07. The molecule has 0 radical (unpaired) electrons. The Morgan fingerprint density at radius 3 is 2.62 bits per heavy atom. The highest BCUT2D eigenvalue weighted by Crippen LogP contribution is 2.33. The van der Waals surface area contributed by atoms with Crippen molar-refractivity contribution in [3.8, 4) is 0 Å². The maximum atomic E-state index is 12.4. The summed E-state index contributed by atoms with van der Waals surface area (Å²) >= 11 is 0. The van der Waals surface area contributed by atoms with Crippen molar-refractivity contribution in [1.82, 2.24) is 15.0 Å². The van der Waals surface area contributed by atoms with E-state index >= 15 is 0 Å². The number of aryl methyl sites for hydroxylation is 3. The van der Waals surface area contributed by atoms with E-state index in [-0.39, 0.29) is 12.1 Å². The summed E-state index contributed by atoms with van der Waals surface area (Å²) in [5.74, 6) is -0.361. The summed E-state index contributed by atoms with van der Waals surface area (Å²) in [5.41, 5.74) is 6.74. The van der Waals surface area contributed by atoms with Crippen molar-refractivity contribution in [3.05, 3.63) is 41.0 Å². The van der Waals surface area contributed by atoms with Gasteiger partial charge in [-0.3, -0.25) is 0 Å². The van der Waals surface area contributed by atoms with Crippen LogP contribution in [0.2, 0.25) is 0 Å². The molecule has 3 aromatic heterocycles. The quantitative estimate of drug-likeness (QED) is 0.561. The van der Waals surface area contributed by atoms with E-state index in [0.717, 1.165) is 49.8 Å². The van der Waals surface area contributed by atoms with Gasteiger partial charge >= 0.3 is 5.97 Å². The molecule has 3 heterocycles. The number of aromatic amines is 2. The predicted octanol–water partition coefficient (Wildman–Crippen LogP) is 3.57. The van der Waals surface area contributed by atoms with Crippen molar-refractivity contribution in [2.24, 2.45) is 0 Å². The lowest BCUT2D eigenvalue weighted by atomic mass is 10.1. The zero-order valence-electron chi connectivity index (χ0n) is 15.5. The maximum Gasteiger partial charge on any atom is 0.404 e. The second kappa shape index (κ2) is 5.76. The molecule has 0 atom stereocenters. The lowest BCUT2D eigenvalue weighted by molar-refractivity contribution is -0.382. The molecule has 4 aromatic rings. The van der Waals surface area contributed by atoms with Crippen molar-refractivity contribution in [3.63, 3.8) is 0 Å². The molecule has 0 aliphatic heterocycles. The molecule has 0 fully saturated rings. The highest BCUT2D eigenvalue weighted by atomic mass is 16.5. The van der Waals surface area contributed by atoms with E-state index in [2.05, 4.69) is 9.97 Å². The van der Waals surface area contributed by atoms with Gasteiger partial charge < -0.3 is 9.72 Å². The van der Waals surface area contributed by atoms with Crippen molar-refractivity contribution in [1.29, 1.82) is 0 Å². The summed E-state index contributed by atoms with van der Waals surface area (Å²) < 4.78 is 5.36. The van der Waals surface area contributed by atoms with Crippen LogP contribution in [0.1, 0.15) is 41.3 Å². The summed E-state index contributed by atoms with van der Waals surface area (Å²) in [6.45, 7) is 9.58. The molecular formula is C20H21N4O2+. The first kappa shape index (κ1) is 16.4. The number of hydrogen-bond acceptors (Lipinski definition) is 4. The van der Waals surface area contributed by atoms with E-state index in [0.29, 0.717) is 5.69 Å². The Labute approximate surface area is 150 Å². The summed E-state index contributed by atoms with van der Waals surface area (Å²) in [5, 5.41) is 1.89. The van der Waals surface area contributed by atoms with Gasteiger partial charge in [0.1, 0.15) is 5.52 Å². The third kappa shape index (κ3) is 2.41. The number of rotatable bonds is 2. The molecule has 0 saturated carbocycles. The number of benzene rings is 1. The van der Waals surface area contributed by atoms with Crippen molar-refractivity contribution >= 4 is 38.8 Å². The van der Waals surface area contributed by atoms with Crippen LogP contribution in [0.25, 0.3) is 32.8 Å². The summed E-state index contributed by atoms with van der Waals surface area (Å²) in [6.07, 6.45) is 1.58. The van der Waals surface area contributed by atoms with Gasteiger partial charge in [0.05, 0.1) is 28.3 Å². The molecule has 132 valence electrons. The fraction of sp³-hybridized carbons (Fsp3) is 0.300. The van der Waals surface area contributed by atoms with Crippen LogP contribution in [-0.4, -0.2) is 27.0 Å². The van der Waals surface area contributed by atoms with Gasteiger partial charge in [-0.25, -0.2) is 19.7 Å². The first-order chi connectivity index (χ1) is 12.4. The zero-order chi connectivity index (χ0) is 18.6. The van der Waals surface area contributed by atoms with Gasteiger partial charge in [-0.1, -0.05) is 0 Å². The van der Waals surface area contributed by atoms with Gasteiger partial charge in [0.15, 0.2) is 6.20 Å². The van der Waals surface area contributed by atoms with Gasteiger partial charge in [-0.15, -0.1) is 0 Å². The molecule has 4 rings (SSSR count). The number of carbonyl (C=O) groups is 1. The number of aromatic nitrogens is 4. The summed E-state index contributed by atoms with van der Waals surface area (Å²) in [4.78, 5) is 28.4. The molecule has 1 aromatic carbocycles. The van der Waals surface area contributed by atoms with Crippen LogP contribution in [0.4, 0.5) is 0 Å². The van der Waals surface area contributed by atoms with Gasteiger partial charge in [0.2, 0.25) is 0 Å². The minimum Gasteiger partial charge on any atom is -0.455 e. The second-order valence-electron chi connectivity index (χ2n) is 6.92. The van der Waals surface area contributed by atoms with E-state index in [4.69, 9.17) is 14.7 Å². The normalized spacial score (nSPS) is 11.8. The molecular weight excluding hydrogens is 328 g/mol. The van der Waals surface area contributed by atoms with E-state index in [1.807, 2.05) is 46.8 Å². The molecule has 6 nitrogen and oxygen atoms in total. The number of carbonyl (C=O) groups excluding carboxylic acids is 1. The van der Waals surface area contributed by atoms with E-state index < -0.39 is 0 Å². The molecule has 0 spiro atoms. The van der Waals surface area contributed by atoms with E-state index in [1.54, 1.807) is 6.20 Å². The van der Waals surface area contributed by atoms with Crippen LogP contribution < -0.4 is 4.98 Å². The number of esters is 1. The maximum absolute atomic E-state index is 12.4. The molecule has 0 unspecified atom stereocenters. The summed E-state index contributed by atoms with van der Waals surface area (Å²) in [6, 6.07) is 3.98. The molecule has 2 N–H and O–H groups in total. The molecule has 0 aliphatic carbocycles. The summed E-state index contributed by atoms with van der Waals surface area (Å²) in [7, 11) is 0. The van der Waals surface area contributed by atoms with Crippen LogP contribution in [0.3, 0.4) is 0 Å². The molecule has 0 saturated heterocycles.